The number of fused-ring (bicyclic) bond motifs is 1. The highest BCUT2D eigenvalue weighted by molar-refractivity contribution is 6.17. The van der Waals surface area contributed by atoms with Crippen molar-refractivity contribution in [3.05, 3.63) is 48.0 Å². The molecule has 17 heavy (non-hydrogen) atoms. The molecule has 0 aliphatic carbocycles. The number of nitrogens with zero attached hydrogens (tertiary/aromatic N) is 1. The fraction of sp³-hybridized carbons (Fsp3) is 0.333. The van der Waals surface area contributed by atoms with Crippen LogP contribution in [0.3, 0.4) is 0 Å². The summed E-state index contributed by atoms with van der Waals surface area (Å²) in [4.78, 5) is 2.23. The van der Waals surface area contributed by atoms with E-state index in [-0.39, 0.29) is 0 Å². The molecule has 0 saturated carbocycles. The maximum absolute atomic E-state index is 5.88. The van der Waals surface area contributed by atoms with Gasteiger partial charge >= 0.3 is 0 Å². The van der Waals surface area contributed by atoms with Crippen molar-refractivity contribution in [2.75, 3.05) is 20.0 Å². The average molecular weight is 248 g/mol. The summed E-state index contributed by atoms with van der Waals surface area (Å²) >= 11 is 5.88. The number of alkyl halides is 1. The van der Waals surface area contributed by atoms with Gasteiger partial charge in [-0.15, -0.1) is 11.6 Å². The fourth-order valence-electron chi connectivity index (χ4n) is 2.24. The maximum Gasteiger partial charge on any atom is 0.0353 e. The number of benzene rings is 2. The molecule has 2 heteroatoms. The van der Waals surface area contributed by atoms with Gasteiger partial charge in [-0.2, -0.15) is 0 Å². The minimum atomic E-state index is 0.400. The smallest absolute Gasteiger partial charge is 0.0353 e. The van der Waals surface area contributed by atoms with Crippen molar-refractivity contribution in [3.8, 4) is 0 Å². The Morgan fingerprint density at radius 2 is 1.76 bits per heavy atom. The second-order valence-electron chi connectivity index (χ2n) is 4.56. The zero-order valence-electron chi connectivity index (χ0n) is 10.4. The van der Waals surface area contributed by atoms with E-state index in [1.165, 1.54) is 16.3 Å². The highest BCUT2D eigenvalue weighted by atomic mass is 35.5. The topological polar surface area (TPSA) is 3.24 Å². The van der Waals surface area contributed by atoms with E-state index in [1.807, 2.05) is 0 Å². The normalized spacial score (nSPS) is 13.2. The summed E-state index contributed by atoms with van der Waals surface area (Å²) in [6.07, 6.45) is 0.979. The van der Waals surface area contributed by atoms with E-state index in [1.54, 1.807) is 0 Å². The van der Waals surface area contributed by atoms with Gasteiger partial charge in [-0.1, -0.05) is 36.4 Å². The molecule has 90 valence electrons. The Labute approximate surface area is 108 Å². The fourth-order valence-corrected chi connectivity index (χ4v) is 2.45. The quantitative estimate of drug-likeness (QED) is 0.737. The van der Waals surface area contributed by atoms with Gasteiger partial charge in [0, 0.05) is 11.9 Å². The molecule has 2 aromatic carbocycles. The van der Waals surface area contributed by atoms with E-state index in [2.05, 4.69) is 61.5 Å². The first kappa shape index (κ1) is 12.4. The molecule has 0 aliphatic rings. The third kappa shape index (κ3) is 2.80. The molecule has 0 saturated heterocycles. The summed E-state index contributed by atoms with van der Waals surface area (Å²) in [7, 11) is 4.21. The lowest BCUT2D eigenvalue weighted by Gasteiger charge is -2.24. The van der Waals surface area contributed by atoms with Gasteiger partial charge in [-0.25, -0.2) is 0 Å². The monoisotopic (exact) mass is 247 g/mol. The molecule has 0 amide bonds. The highest BCUT2D eigenvalue weighted by Gasteiger charge is 2.13. The van der Waals surface area contributed by atoms with Gasteiger partial charge in [0.1, 0.15) is 0 Å². The molecular weight excluding hydrogens is 230 g/mol. The summed E-state index contributed by atoms with van der Waals surface area (Å²) in [5.74, 6) is 0.690. The van der Waals surface area contributed by atoms with E-state index in [9.17, 15) is 0 Å². The van der Waals surface area contributed by atoms with Gasteiger partial charge in [-0.3, -0.25) is 0 Å². The summed E-state index contributed by atoms with van der Waals surface area (Å²) in [6, 6.07) is 15.5. The zero-order valence-corrected chi connectivity index (χ0v) is 11.1. The van der Waals surface area contributed by atoms with Crippen LogP contribution in [0, 0.1) is 0 Å². The second-order valence-corrected chi connectivity index (χ2v) is 4.94. The Bertz CT molecular complexity index is 493. The molecule has 2 rings (SSSR count). The van der Waals surface area contributed by atoms with Crippen LogP contribution in [-0.4, -0.2) is 24.9 Å². The van der Waals surface area contributed by atoms with Crippen LogP contribution in [0.4, 0.5) is 0 Å². The number of rotatable bonds is 4. The Balaban J connectivity index is 2.40. The van der Waals surface area contributed by atoms with Gasteiger partial charge < -0.3 is 4.90 Å². The van der Waals surface area contributed by atoms with Crippen LogP contribution >= 0.6 is 11.6 Å². The molecule has 1 unspecified atom stereocenters. The molecule has 0 bridgehead atoms. The molecule has 0 N–H and O–H groups in total. The van der Waals surface area contributed by atoms with Crippen molar-refractivity contribution in [3.63, 3.8) is 0 Å². The first-order valence-electron chi connectivity index (χ1n) is 5.93. The number of halogens is 1. The van der Waals surface area contributed by atoms with Crippen LogP contribution in [0.2, 0.25) is 0 Å². The molecule has 2 aromatic rings. The SMILES string of the molecule is CN(C)C(CCCl)c1ccc2ccccc2c1. The Kier molecular flexibility index (Phi) is 4.03. The molecule has 0 radical (unpaired) electrons. The van der Waals surface area contributed by atoms with Crippen molar-refractivity contribution in [1.29, 1.82) is 0 Å². The van der Waals surface area contributed by atoms with E-state index < -0.39 is 0 Å². The van der Waals surface area contributed by atoms with Gasteiger partial charge in [-0.05, 0) is 42.9 Å². The van der Waals surface area contributed by atoms with Gasteiger partial charge in [0.05, 0.1) is 0 Å². The van der Waals surface area contributed by atoms with Crippen LogP contribution in [0.15, 0.2) is 42.5 Å². The molecule has 0 aromatic heterocycles. The van der Waals surface area contributed by atoms with Crippen molar-refractivity contribution >= 4 is 22.4 Å². The molecular formula is C15H18ClN. The highest BCUT2D eigenvalue weighted by Crippen LogP contribution is 2.26. The van der Waals surface area contributed by atoms with E-state index >= 15 is 0 Å². The van der Waals surface area contributed by atoms with E-state index in [0.29, 0.717) is 11.9 Å². The van der Waals surface area contributed by atoms with Crippen molar-refractivity contribution in [2.45, 2.75) is 12.5 Å². The minimum Gasteiger partial charge on any atom is -0.302 e. The Morgan fingerprint density at radius 1 is 1.06 bits per heavy atom. The lowest BCUT2D eigenvalue weighted by molar-refractivity contribution is 0.293. The maximum atomic E-state index is 5.88. The van der Waals surface area contributed by atoms with Gasteiger partial charge in [0.25, 0.3) is 0 Å². The Hall–Kier alpha value is -1.05. The zero-order chi connectivity index (χ0) is 12.3. The summed E-state index contributed by atoms with van der Waals surface area (Å²) in [6.45, 7) is 0. The first-order valence-corrected chi connectivity index (χ1v) is 6.47. The standard InChI is InChI=1S/C15H18ClN/c1-17(2)15(9-10-16)14-8-7-12-5-3-4-6-13(12)11-14/h3-8,11,15H,9-10H2,1-2H3. The van der Waals surface area contributed by atoms with E-state index in [4.69, 9.17) is 11.6 Å². The van der Waals surface area contributed by atoms with Crippen molar-refractivity contribution in [2.24, 2.45) is 0 Å². The summed E-state index contributed by atoms with van der Waals surface area (Å²) in [5, 5.41) is 2.59. The molecule has 0 fully saturated rings. The number of hydrogen-bond acceptors (Lipinski definition) is 1. The largest absolute Gasteiger partial charge is 0.302 e. The third-order valence-electron chi connectivity index (χ3n) is 3.16. The van der Waals surface area contributed by atoms with E-state index in [0.717, 1.165) is 6.42 Å². The van der Waals surface area contributed by atoms with Crippen molar-refractivity contribution in [1.82, 2.24) is 4.90 Å². The third-order valence-corrected chi connectivity index (χ3v) is 3.38. The second kappa shape index (κ2) is 5.52. The molecule has 0 spiro atoms. The first-order chi connectivity index (χ1) is 8.22. The minimum absolute atomic E-state index is 0.400. The van der Waals surface area contributed by atoms with Crippen LogP contribution in [-0.2, 0) is 0 Å². The lowest BCUT2D eigenvalue weighted by Crippen LogP contribution is -2.20. The molecule has 0 heterocycles. The molecule has 1 nitrogen and oxygen atoms in total. The van der Waals surface area contributed by atoms with Gasteiger partial charge in [0.2, 0.25) is 0 Å². The molecule has 1 atom stereocenters. The molecule has 0 aliphatic heterocycles. The number of hydrogen-bond donors (Lipinski definition) is 0. The Morgan fingerprint density at radius 3 is 2.41 bits per heavy atom. The predicted molar refractivity (Wildman–Crippen MR) is 75.7 cm³/mol. The van der Waals surface area contributed by atoms with Gasteiger partial charge in [0.15, 0.2) is 0 Å². The lowest BCUT2D eigenvalue weighted by atomic mass is 9.99. The summed E-state index contributed by atoms with van der Waals surface area (Å²) < 4.78 is 0. The van der Waals surface area contributed by atoms with Crippen molar-refractivity contribution < 1.29 is 0 Å². The van der Waals surface area contributed by atoms with Crippen LogP contribution < -0.4 is 0 Å². The van der Waals surface area contributed by atoms with Crippen LogP contribution in [0.1, 0.15) is 18.0 Å². The average Bonchev–Trinajstić information content (AvgIpc) is 2.35. The van der Waals surface area contributed by atoms with Crippen LogP contribution in [0.5, 0.6) is 0 Å². The van der Waals surface area contributed by atoms with Crippen LogP contribution in [0.25, 0.3) is 10.8 Å². The summed E-state index contributed by atoms with van der Waals surface area (Å²) in [5.41, 5.74) is 1.34. The predicted octanol–water partition coefficient (Wildman–Crippen LogP) is 4.07.